The van der Waals surface area contributed by atoms with E-state index in [0.29, 0.717) is 21.5 Å². The van der Waals surface area contributed by atoms with Crippen molar-refractivity contribution in [2.75, 3.05) is 6.54 Å². The molecule has 146 valence electrons. The summed E-state index contributed by atoms with van der Waals surface area (Å²) in [5.41, 5.74) is 1.98. The Morgan fingerprint density at radius 1 is 1.25 bits per heavy atom. The fourth-order valence-corrected chi connectivity index (χ4v) is 4.35. The highest BCUT2D eigenvalue weighted by molar-refractivity contribution is 8.26. The number of rotatable bonds is 4. The topological polar surface area (TPSA) is 25.2 Å². The highest BCUT2D eigenvalue weighted by Crippen LogP contribution is 2.35. The van der Waals surface area contributed by atoms with Gasteiger partial charge in [0.1, 0.15) is 4.32 Å². The molecule has 28 heavy (non-hydrogen) atoms. The third-order valence-electron chi connectivity index (χ3n) is 4.37. The van der Waals surface area contributed by atoms with Crippen LogP contribution >= 0.6 is 24.0 Å². The van der Waals surface area contributed by atoms with Crippen LogP contribution in [-0.2, 0) is 11.0 Å². The van der Waals surface area contributed by atoms with Gasteiger partial charge in [-0.05, 0) is 49.8 Å². The van der Waals surface area contributed by atoms with Crippen molar-refractivity contribution in [2.45, 2.75) is 20.0 Å². The number of hydrogen-bond acceptors (Lipinski definition) is 3. The fraction of sp³-hybridized carbons (Fsp3) is 0.200. The minimum absolute atomic E-state index is 0.196. The van der Waals surface area contributed by atoms with Gasteiger partial charge < -0.3 is 4.57 Å². The summed E-state index contributed by atoms with van der Waals surface area (Å²) in [7, 11) is 0. The summed E-state index contributed by atoms with van der Waals surface area (Å²) in [6, 6.07) is 7.02. The van der Waals surface area contributed by atoms with Crippen molar-refractivity contribution in [1.82, 2.24) is 9.47 Å². The van der Waals surface area contributed by atoms with E-state index in [4.69, 9.17) is 12.2 Å². The second-order valence-electron chi connectivity index (χ2n) is 6.29. The van der Waals surface area contributed by atoms with Crippen LogP contribution in [0.25, 0.3) is 11.8 Å². The predicted molar refractivity (Wildman–Crippen MR) is 110 cm³/mol. The lowest BCUT2D eigenvalue weighted by atomic mass is 10.2. The number of aryl methyl sites for hydroxylation is 1. The fourth-order valence-electron chi connectivity index (χ4n) is 3.08. The van der Waals surface area contributed by atoms with Gasteiger partial charge in [-0.3, -0.25) is 9.69 Å². The Morgan fingerprint density at radius 2 is 1.96 bits per heavy atom. The lowest BCUT2D eigenvalue weighted by Crippen LogP contribution is -2.27. The van der Waals surface area contributed by atoms with E-state index in [0.717, 1.165) is 29.1 Å². The highest BCUT2D eigenvalue weighted by Gasteiger charge is 2.32. The van der Waals surface area contributed by atoms with Crippen molar-refractivity contribution < 1.29 is 18.0 Å². The molecule has 1 aromatic heterocycles. The number of thioether (sulfide) groups is 1. The van der Waals surface area contributed by atoms with Gasteiger partial charge in [-0.25, -0.2) is 0 Å². The second-order valence-corrected chi connectivity index (χ2v) is 7.97. The molecule has 0 N–H and O–H groups in total. The van der Waals surface area contributed by atoms with Gasteiger partial charge in [-0.1, -0.05) is 36.1 Å². The van der Waals surface area contributed by atoms with Crippen LogP contribution in [0.2, 0.25) is 0 Å². The van der Waals surface area contributed by atoms with Crippen LogP contribution < -0.4 is 0 Å². The molecular formula is C20H17F3N2OS2. The molecule has 1 aliphatic heterocycles. The maximum atomic E-state index is 13.1. The smallest absolute Gasteiger partial charge is 0.318 e. The van der Waals surface area contributed by atoms with Crippen LogP contribution in [0.15, 0.2) is 47.9 Å². The number of alkyl halides is 3. The van der Waals surface area contributed by atoms with Crippen LogP contribution in [0.3, 0.4) is 0 Å². The van der Waals surface area contributed by atoms with Crippen molar-refractivity contribution in [2.24, 2.45) is 0 Å². The lowest BCUT2D eigenvalue weighted by Gasteiger charge is -2.13. The molecule has 1 amide bonds. The molecule has 8 heteroatoms. The zero-order valence-corrected chi connectivity index (χ0v) is 16.8. The van der Waals surface area contributed by atoms with Crippen LogP contribution in [-0.4, -0.2) is 26.2 Å². The molecule has 0 spiro atoms. The van der Waals surface area contributed by atoms with E-state index in [1.54, 1.807) is 22.8 Å². The number of aromatic nitrogens is 1. The molecule has 1 saturated heterocycles. The highest BCUT2D eigenvalue weighted by atomic mass is 32.2. The molecule has 1 aromatic carbocycles. The number of nitrogens with zero attached hydrogens (tertiary/aromatic N) is 2. The van der Waals surface area contributed by atoms with E-state index in [-0.39, 0.29) is 5.91 Å². The normalized spacial score (nSPS) is 16.3. The predicted octanol–water partition coefficient (Wildman–Crippen LogP) is 5.50. The van der Waals surface area contributed by atoms with Gasteiger partial charge in [0, 0.05) is 23.6 Å². The minimum Gasteiger partial charge on any atom is -0.318 e. The average molecular weight is 422 g/mol. The van der Waals surface area contributed by atoms with E-state index < -0.39 is 11.7 Å². The number of halogens is 3. The second kappa shape index (κ2) is 7.60. The van der Waals surface area contributed by atoms with Gasteiger partial charge in [-0.2, -0.15) is 13.2 Å². The van der Waals surface area contributed by atoms with Gasteiger partial charge in [0.15, 0.2) is 0 Å². The standard InChI is InChI=1S/C20H17F3N2OS2/c1-4-8-24-18(26)17(28-19(24)27)10-14-9-12(2)25(13(14)3)16-7-5-6-15(11-16)20(21,22)23/h4-7,9-11H,1,8H2,2-3H3/b17-10-. The van der Waals surface area contributed by atoms with E-state index in [2.05, 4.69) is 6.58 Å². The number of amides is 1. The molecule has 2 heterocycles. The first-order valence-electron chi connectivity index (χ1n) is 8.36. The minimum atomic E-state index is -4.41. The van der Waals surface area contributed by atoms with E-state index >= 15 is 0 Å². The number of hydrogen-bond donors (Lipinski definition) is 0. The van der Waals surface area contributed by atoms with E-state index in [1.165, 1.54) is 22.7 Å². The van der Waals surface area contributed by atoms with Crippen molar-refractivity contribution in [1.29, 1.82) is 0 Å². The number of benzene rings is 1. The summed E-state index contributed by atoms with van der Waals surface area (Å²) in [6.07, 6.45) is -1.07. The van der Waals surface area contributed by atoms with Gasteiger partial charge in [0.25, 0.3) is 5.91 Å². The first-order valence-corrected chi connectivity index (χ1v) is 9.59. The Hall–Kier alpha value is -2.32. The average Bonchev–Trinajstić information content (AvgIpc) is 3.05. The summed E-state index contributed by atoms with van der Waals surface area (Å²) in [5.74, 6) is -0.196. The Kier molecular flexibility index (Phi) is 5.54. The van der Waals surface area contributed by atoms with Crippen molar-refractivity contribution >= 4 is 40.3 Å². The first-order chi connectivity index (χ1) is 13.1. The molecular weight excluding hydrogens is 405 g/mol. The molecule has 1 aliphatic rings. The molecule has 0 saturated carbocycles. The van der Waals surface area contributed by atoms with E-state index in [1.807, 2.05) is 19.9 Å². The van der Waals surface area contributed by atoms with Gasteiger partial charge >= 0.3 is 6.18 Å². The first kappa shape index (κ1) is 20.4. The maximum Gasteiger partial charge on any atom is 0.416 e. The van der Waals surface area contributed by atoms with Crippen LogP contribution in [0, 0.1) is 13.8 Å². The Bertz CT molecular complexity index is 1010. The largest absolute Gasteiger partial charge is 0.416 e. The zero-order chi connectivity index (χ0) is 20.6. The van der Waals surface area contributed by atoms with Crippen LogP contribution in [0.1, 0.15) is 22.5 Å². The molecule has 0 unspecified atom stereocenters. The molecule has 0 atom stereocenters. The van der Waals surface area contributed by atoms with Gasteiger partial charge in [-0.15, -0.1) is 6.58 Å². The Balaban J connectivity index is 2.01. The van der Waals surface area contributed by atoms with Crippen molar-refractivity contribution in [3.63, 3.8) is 0 Å². The monoisotopic (exact) mass is 422 g/mol. The van der Waals surface area contributed by atoms with Crippen LogP contribution in [0.5, 0.6) is 0 Å². The Labute approximate surface area is 170 Å². The molecule has 3 rings (SSSR count). The van der Waals surface area contributed by atoms with Gasteiger partial charge in [0.2, 0.25) is 0 Å². The SMILES string of the molecule is C=CCN1C(=O)/C(=C/c2cc(C)n(-c3cccc(C(F)(F)F)c3)c2C)SC1=S. The summed E-state index contributed by atoms with van der Waals surface area (Å²) in [5, 5.41) is 0. The number of carbonyl (C=O) groups is 1. The zero-order valence-electron chi connectivity index (χ0n) is 15.2. The van der Waals surface area contributed by atoms with E-state index in [9.17, 15) is 18.0 Å². The molecule has 0 bridgehead atoms. The number of thiocarbonyl (C=S) groups is 1. The Morgan fingerprint density at radius 3 is 2.61 bits per heavy atom. The summed E-state index contributed by atoms with van der Waals surface area (Å²) < 4.78 is 41.4. The molecule has 0 aliphatic carbocycles. The third kappa shape index (κ3) is 3.79. The summed E-state index contributed by atoms with van der Waals surface area (Å²) in [6.45, 7) is 7.58. The lowest BCUT2D eigenvalue weighted by molar-refractivity contribution is -0.137. The molecule has 3 nitrogen and oxygen atoms in total. The van der Waals surface area contributed by atoms with Crippen LogP contribution in [0.4, 0.5) is 13.2 Å². The quantitative estimate of drug-likeness (QED) is 0.370. The molecule has 2 aromatic rings. The summed E-state index contributed by atoms with van der Waals surface area (Å²) in [4.78, 5) is 14.5. The van der Waals surface area contributed by atoms with Crippen molar-refractivity contribution in [3.8, 4) is 5.69 Å². The molecule has 1 fully saturated rings. The van der Waals surface area contributed by atoms with Gasteiger partial charge in [0.05, 0.1) is 10.5 Å². The maximum absolute atomic E-state index is 13.1. The molecule has 0 radical (unpaired) electrons. The third-order valence-corrected chi connectivity index (χ3v) is 5.75. The summed E-state index contributed by atoms with van der Waals surface area (Å²) >= 11 is 6.44. The van der Waals surface area contributed by atoms with Crippen molar-refractivity contribution in [3.05, 3.63) is 70.4 Å². The number of carbonyl (C=O) groups excluding carboxylic acids is 1.